The zero-order chi connectivity index (χ0) is 13.3. The van der Waals surface area contributed by atoms with Gasteiger partial charge in [-0.05, 0) is 38.5 Å². The number of aryl methyl sites for hydroxylation is 1. The molecule has 0 bridgehead atoms. The van der Waals surface area contributed by atoms with Crippen molar-refractivity contribution < 1.29 is 4.79 Å². The maximum absolute atomic E-state index is 12.0. The van der Waals surface area contributed by atoms with E-state index in [1.165, 1.54) is 0 Å². The number of rotatable bonds is 3. The molecule has 0 atom stereocenters. The van der Waals surface area contributed by atoms with Crippen LogP contribution in [-0.4, -0.2) is 23.0 Å². The average Bonchev–Trinajstić information content (AvgIpc) is 2.70. The van der Waals surface area contributed by atoms with Crippen molar-refractivity contribution in [1.82, 2.24) is 10.3 Å². The minimum atomic E-state index is -0.405. The number of aromatic nitrogens is 1. The topological polar surface area (TPSA) is 70.9 Å². The van der Waals surface area contributed by atoms with E-state index in [-0.39, 0.29) is 5.91 Å². The highest BCUT2D eigenvalue weighted by atomic mass is 16.1. The number of H-pyrrole nitrogens is 1. The molecule has 4 heteroatoms. The van der Waals surface area contributed by atoms with E-state index in [2.05, 4.69) is 10.3 Å². The molecule has 1 aromatic heterocycles. The molecule has 96 valence electrons. The van der Waals surface area contributed by atoms with Gasteiger partial charge in [-0.25, -0.2) is 0 Å². The molecule has 0 aliphatic heterocycles. The van der Waals surface area contributed by atoms with Crippen LogP contribution in [-0.2, 0) is 0 Å². The molecule has 0 aliphatic rings. The van der Waals surface area contributed by atoms with Gasteiger partial charge in [0.2, 0.25) is 0 Å². The summed E-state index contributed by atoms with van der Waals surface area (Å²) < 4.78 is 0. The Labute approximate surface area is 107 Å². The second-order valence-corrected chi connectivity index (χ2v) is 5.39. The van der Waals surface area contributed by atoms with Crippen molar-refractivity contribution in [3.05, 3.63) is 35.5 Å². The SMILES string of the molecule is Cc1cccc2[nH]c(C(=O)NCC(C)(C)N)cc12. The van der Waals surface area contributed by atoms with E-state index in [1.54, 1.807) is 0 Å². The summed E-state index contributed by atoms with van der Waals surface area (Å²) in [4.78, 5) is 15.1. The van der Waals surface area contributed by atoms with E-state index in [0.717, 1.165) is 16.5 Å². The lowest BCUT2D eigenvalue weighted by Crippen LogP contribution is -2.45. The first-order chi connectivity index (χ1) is 8.37. The van der Waals surface area contributed by atoms with Crippen LogP contribution in [0, 0.1) is 6.92 Å². The Hall–Kier alpha value is -1.81. The summed E-state index contributed by atoms with van der Waals surface area (Å²) in [6.45, 7) is 6.23. The Balaban J connectivity index is 2.21. The summed E-state index contributed by atoms with van der Waals surface area (Å²) in [5.74, 6) is -0.121. The van der Waals surface area contributed by atoms with Crippen LogP contribution in [0.3, 0.4) is 0 Å². The number of aromatic amines is 1. The Morgan fingerprint density at radius 1 is 1.44 bits per heavy atom. The van der Waals surface area contributed by atoms with Gasteiger partial charge < -0.3 is 16.0 Å². The molecule has 0 radical (unpaired) electrons. The second-order valence-electron chi connectivity index (χ2n) is 5.39. The van der Waals surface area contributed by atoms with Crippen molar-refractivity contribution in [2.24, 2.45) is 5.73 Å². The first-order valence-electron chi connectivity index (χ1n) is 6.02. The van der Waals surface area contributed by atoms with Gasteiger partial charge in [0.25, 0.3) is 5.91 Å². The van der Waals surface area contributed by atoms with Gasteiger partial charge >= 0.3 is 0 Å². The number of nitrogens with one attached hydrogen (secondary N) is 2. The lowest BCUT2D eigenvalue weighted by atomic mass is 10.1. The van der Waals surface area contributed by atoms with Crippen molar-refractivity contribution in [2.75, 3.05) is 6.54 Å². The summed E-state index contributed by atoms with van der Waals surface area (Å²) in [5.41, 5.74) is 8.14. The monoisotopic (exact) mass is 245 g/mol. The van der Waals surface area contributed by atoms with E-state index >= 15 is 0 Å². The molecule has 0 saturated carbocycles. The molecule has 0 aliphatic carbocycles. The van der Waals surface area contributed by atoms with Crippen molar-refractivity contribution in [3.63, 3.8) is 0 Å². The summed E-state index contributed by atoms with van der Waals surface area (Å²) in [7, 11) is 0. The number of hydrogen-bond acceptors (Lipinski definition) is 2. The van der Waals surface area contributed by atoms with Crippen molar-refractivity contribution in [3.8, 4) is 0 Å². The van der Waals surface area contributed by atoms with Crippen molar-refractivity contribution in [1.29, 1.82) is 0 Å². The molecule has 2 aromatic rings. The summed E-state index contributed by atoms with van der Waals surface area (Å²) in [6.07, 6.45) is 0. The Morgan fingerprint density at radius 2 is 2.17 bits per heavy atom. The smallest absolute Gasteiger partial charge is 0.267 e. The van der Waals surface area contributed by atoms with Crippen LogP contribution in [0.15, 0.2) is 24.3 Å². The molecule has 0 spiro atoms. The molecule has 0 saturated heterocycles. The van der Waals surface area contributed by atoms with Crippen LogP contribution >= 0.6 is 0 Å². The molecule has 1 heterocycles. The van der Waals surface area contributed by atoms with E-state index < -0.39 is 5.54 Å². The van der Waals surface area contributed by atoms with Crippen molar-refractivity contribution in [2.45, 2.75) is 26.3 Å². The van der Waals surface area contributed by atoms with Crippen LogP contribution in [0.2, 0.25) is 0 Å². The Morgan fingerprint density at radius 3 is 2.78 bits per heavy atom. The molecule has 18 heavy (non-hydrogen) atoms. The second kappa shape index (κ2) is 4.46. The fraction of sp³-hybridized carbons (Fsp3) is 0.357. The average molecular weight is 245 g/mol. The molecule has 4 nitrogen and oxygen atoms in total. The quantitative estimate of drug-likeness (QED) is 0.773. The minimum Gasteiger partial charge on any atom is -0.351 e. The maximum Gasteiger partial charge on any atom is 0.267 e. The third-order valence-corrected chi connectivity index (χ3v) is 2.83. The number of fused-ring (bicyclic) bond motifs is 1. The predicted octanol–water partition coefficient (Wildman–Crippen LogP) is 1.94. The molecule has 4 N–H and O–H groups in total. The summed E-state index contributed by atoms with van der Waals surface area (Å²) in [5, 5.41) is 3.90. The van der Waals surface area contributed by atoms with Gasteiger partial charge in [-0.2, -0.15) is 0 Å². The van der Waals surface area contributed by atoms with Gasteiger partial charge in [0.05, 0.1) is 0 Å². The van der Waals surface area contributed by atoms with Gasteiger partial charge in [-0.3, -0.25) is 4.79 Å². The van der Waals surface area contributed by atoms with Crippen LogP contribution in [0.25, 0.3) is 10.9 Å². The Kier molecular flexibility index (Phi) is 3.13. The fourth-order valence-corrected chi connectivity index (χ4v) is 1.83. The van der Waals surface area contributed by atoms with Gasteiger partial charge in [-0.1, -0.05) is 12.1 Å². The molecule has 1 aromatic carbocycles. The highest BCUT2D eigenvalue weighted by molar-refractivity contribution is 5.98. The standard InChI is InChI=1S/C14H19N3O/c1-9-5-4-6-11-10(9)7-12(17-11)13(18)16-8-14(2,3)15/h4-7,17H,8,15H2,1-3H3,(H,16,18). The predicted molar refractivity (Wildman–Crippen MR) is 73.6 cm³/mol. The molecule has 0 fully saturated rings. The number of benzene rings is 1. The third-order valence-electron chi connectivity index (χ3n) is 2.83. The van der Waals surface area contributed by atoms with E-state index in [1.807, 2.05) is 45.0 Å². The largest absolute Gasteiger partial charge is 0.351 e. The van der Waals surface area contributed by atoms with E-state index in [4.69, 9.17) is 5.73 Å². The normalized spacial score (nSPS) is 11.8. The number of carbonyl (C=O) groups is 1. The lowest BCUT2D eigenvalue weighted by molar-refractivity contribution is 0.0942. The number of nitrogens with two attached hydrogens (primary N) is 1. The number of carbonyl (C=O) groups excluding carboxylic acids is 1. The zero-order valence-electron chi connectivity index (χ0n) is 11.0. The van der Waals surface area contributed by atoms with Gasteiger partial charge in [0, 0.05) is 23.0 Å². The fourth-order valence-electron chi connectivity index (χ4n) is 1.83. The molecule has 0 unspecified atom stereocenters. The summed E-state index contributed by atoms with van der Waals surface area (Å²) in [6, 6.07) is 7.84. The molecule has 1 amide bonds. The third kappa shape index (κ3) is 2.71. The van der Waals surface area contributed by atoms with Gasteiger partial charge in [0.1, 0.15) is 5.69 Å². The van der Waals surface area contributed by atoms with Crippen LogP contribution in [0.1, 0.15) is 29.9 Å². The van der Waals surface area contributed by atoms with Crippen LogP contribution in [0.4, 0.5) is 0 Å². The van der Waals surface area contributed by atoms with Crippen LogP contribution < -0.4 is 11.1 Å². The molecule has 2 rings (SSSR count). The first-order valence-corrected chi connectivity index (χ1v) is 6.02. The minimum absolute atomic E-state index is 0.121. The van der Waals surface area contributed by atoms with Gasteiger partial charge in [-0.15, -0.1) is 0 Å². The highest BCUT2D eigenvalue weighted by Crippen LogP contribution is 2.19. The first kappa shape index (κ1) is 12.6. The molecular weight excluding hydrogens is 226 g/mol. The van der Waals surface area contributed by atoms with Gasteiger partial charge in [0.15, 0.2) is 0 Å². The van der Waals surface area contributed by atoms with E-state index in [9.17, 15) is 4.79 Å². The summed E-state index contributed by atoms with van der Waals surface area (Å²) >= 11 is 0. The van der Waals surface area contributed by atoms with Crippen LogP contribution in [0.5, 0.6) is 0 Å². The lowest BCUT2D eigenvalue weighted by Gasteiger charge is -2.18. The van der Waals surface area contributed by atoms with E-state index in [0.29, 0.717) is 12.2 Å². The molecular formula is C14H19N3O. The highest BCUT2D eigenvalue weighted by Gasteiger charge is 2.15. The van der Waals surface area contributed by atoms with Crippen molar-refractivity contribution >= 4 is 16.8 Å². The number of hydrogen-bond donors (Lipinski definition) is 3. The maximum atomic E-state index is 12.0. The Bertz CT molecular complexity index is 578. The number of amides is 1. The zero-order valence-corrected chi connectivity index (χ0v) is 11.0.